The molecule has 0 aliphatic rings. The molecule has 0 radical (unpaired) electrons. The summed E-state index contributed by atoms with van der Waals surface area (Å²) in [5.41, 5.74) is 2.09. The first-order chi connectivity index (χ1) is 11.7. The summed E-state index contributed by atoms with van der Waals surface area (Å²) < 4.78 is 0. The van der Waals surface area contributed by atoms with Crippen LogP contribution in [0.3, 0.4) is 0 Å². The van der Waals surface area contributed by atoms with Crippen LogP contribution >= 0.6 is 0 Å². The first kappa shape index (κ1) is 17.0. The highest BCUT2D eigenvalue weighted by Crippen LogP contribution is 2.19. The lowest BCUT2D eigenvalue weighted by Gasteiger charge is -2.02. The molecule has 0 aliphatic carbocycles. The number of fused-ring (bicyclic) bond motifs is 1. The molecule has 0 fully saturated rings. The zero-order valence-electron chi connectivity index (χ0n) is 12.7. The molecule has 118 valence electrons. The Hall–Kier alpha value is -3.40. The molecule has 3 aromatic carbocycles. The van der Waals surface area contributed by atoms with E-state index in [4.69, 9.17) is 0 Å². The van der Waals surface area contributed by atoms with Crippen LogP contribution in [-0.2, 0) is 0 Å². The van der Waals surface area contributed by atoms with Crippen molar-refractivity contribution in [2.75, 3.05) is 0 Å². The molecule has 0 amide bonds. The summed E-state index contributed by atoms with van der Waals surface area (Å²) in [5.74, 6) is 0. The van der Waals surface area contributed by atoms with E-state index in [1.54, 1.807) is 30.3 Å². The lowest BCUT2D eigenvalue weighted by Crippen LogP contribution is -1.91. The van der Waals surface area contributed by atoms with Gasteiger partial charge in [-0.3, -0.25) is 19.2 Å². The van der Waals surface area contributed by atoms with Crippen molar-refractivity contribution < 1.29 is 19.2 Å². The van der Waals surface area contributed by atoms with Crippen LogP contribution in [0.4, 0.5) is 0 Å². The summed E-state index contributed by atoms with van der Waals surface area (Å²) in [7, 11) is 0. The number of hydrogen-bond acceptors (Lipinski definition) is 4. The molecule has 24 heavy (non-hydrogen) atoms. The zero-order chi connectivity index (χ0) is 17.4. The second-order valence-electron chi connectivity index (χ2n) is 4.93. The average molecular weight is 318 g/mol. The van der Waals surface area contributed by atoms with Crippen LogP contribution in [-0.4, -0.2) is 25.1 Å². The van der Waals surface area contributed by atoms with Crippen molar-refractivity contribution in [3.05, 3.63) is 82.9 Å². The van der Waals surface area contributed by atoms with Gasteiger partial charge < -0.3 is 0 Å². The SMILES string of the molecule is O=Cc1ccc(C=O)cc1.O=Cc1ccc2ccccc2c1C=O. The van der Waals surface area contributed by atoms with E-state index in [9.17, 15) is 19.2 Å². The van der Waals surface area contributed by atoms with E-state index in [1.807, 2.05) is 30.3 Å². The van der Waals surface area contributed by atoms with Gasteiger partial charge in [-0.25, -0.2) is 0 Å². The number of carbonyl (C=O) groups is 4. The van der Waals surface area contributed by atoms with Gasteiger partial charge >= 0.3 is 0 Å². The van der Waals surface area contributed by atoms with Crippen LogP contribution in [0, 0.1) is 0 Å². The molecular formula is C20H14O4. The molecule has 0 aliphatic heterocycles. The minimum absolute atomic E-state index is 0.443. The average Bonchev–Trinajstić information content (AvgIpc) is 2.67. The Bertz CT molecular complexity index is 853. The van der Waals surface area contributed by atoms with E-state index < -0.39 is 0 Å². The minimum Gasteiger partial charge on any atom is -0.298 e. The highest BCUT2D eigenvalue weighted by molar-refractivity contribution is 6.04. The predicted molar refractivity (Wildman–Crippen MR) is 91.9 cm³/mol. The Kier molecular flexibility index (Phi) is 5.86. The van der Waals surface area contributed by atoms with Crippen molar-refractivity contribution in [3.8, 4) is 0 Å². The van der Waals surface area contributed by atoms with Gasteiger partial charge in [-0.15, -0.1) is 0 Å². The molecule has 4 nitrogen and oxygen atoms in total. The first-order valence-corrected chi connectivity index (χ1v) is 7.16. The van der Waals surface area contributed by atoms with Crippen LogP contribution in [0.2, 0.25) is 0 Å². The Morgan fingerprint density at radius 1 is 0.542 bits per heavy atom. The third-order valence-electron chi connectivity index (χ3n) is 3.46. The van der Waals surface area contributed by atoms with Gasteiger partial charge in [0.05, 0.1) is 0 Å². The maximum atomic E-state index is 10.8. The van der Waals surface area contributed by atoms with Gasteiger partial charge in [0.2, 0.25) is 0 Å². The summed E-state index contributed by atoms with van der Waals surface area (Å²) in [4.78, 5) is 41.7. The van der Waals surface area contributed by atoms with E-state index in [-0.39, 0.29) is 0 Å². The molecule has 0 heterocycles. The van der Waals surface area contributed by atoms with Gasteiger partial charge in [0.15, 0.2) is 12.6 Å². The Morgan fingerprint density at radius 2 is 1.12 bits per heavy atom. The third-order valence-corrected chi connectivity index (χ3v) is 3.46. The Balaban J connectivity index is 0.000000185. The summed E-state index contributed by atoms with van der Waals surface area (Å²) in [6.45, 7) is 0. The lowest BCUT2D eigenvalue weighted by atomic mass is 10.0. The Labute approximate surface area is 138 Å². The van der Waals surface area contributed by atoms with Crippen LogP contribution < -0.4 is 0 Å². The van der Waals surface area contributed by atoms with E-state index in [2.05, 4.69) is 0 Å². The van der Waals surface area contributed by atoms with Crippen LogP contribution in [0.5, 0.6) is 0 Å². The highest BCUT2D eigenvalue weighted by atomic mass is 16.1. The molecule has 0 saturated carbocycles. The summed E-state index contributed by atoms with van der Waals surface area (Å²) in [6.07, 6.45) is 2.92. The topological polar surface area (TPSA) is 68.3 Å². The second-order valence-corrected chi connectivity index (χ2v) is 4.93. The number of benzene rings is 3. The van der Waals surface area contributed by atoms with E-state index in [1.165, 1.54) is 0 Å². The predicted octanol–water partition coefficient (Wildman–Crippen LogP) is 3.78. The quantitative estimate of drug-likeness (QED) is 0.687. The molecule has 3 aromatic rings. The maximum absolute atomic E-state index is 10.8. The monoisotopic (exact) mass is 318 g/mol. The molecule has 3 rings (SSSR count). The number of hydrogen-bond donors (Lipinski definition) is 0. The molecule has 0 spiro atoms. The number of rotatable bonds is 4. The van der Waals surface area contributed by atoms with Crippen molar-refractivity contribution in [2.24, 2.45) is 0 Å². The highest BCUT2D eigenvalue weighted by Gasteiger charge is 2.04. The smallest absolute Gasteiger partial charge is 0.151 e. The summed E-state index contributed by atoms with van der Waals surface area (Å²) in [5, 5.41) is 1.80. The molecular weight excluding hydrogens is 304 g/mol. The molecule has 0 bridgehead atoms. The van der Waals surface area contributed by atoms with Crippen LogP contribution in [0.25, 0.3) is 10.8 Å². The minimum atomic E-state index is 0.443. The van der Waals surface area contributed by atoms with E-state index >= 15 is 0 Å². The molecule has 0 unspecified atom stereocenters. The number of carbonyl (C=O) groups excluding carboxylic acids is 4. The Morgan fingerprint density at radius 3 is 1.62 bits per heavy atom. The molecule has 0 N–H and O–H groups in total. The zero-order valence-corrected chi connectivity index (χ0v) is 12.7. The fourth-order valence-corrected chi connectivity index (χ4v) is 2.20. The van der Waals surface area contributed by atoms with Gasteiger partial charge in [0.1, 0.15) is 12.6 Å². The van der Waals surface area contributed by atoms with Crippen molar-refractivity contribution in [3.63, 3.8) is 0 Å². The van der Waals surface area contributed by atoms with Gasteiger partial charge in [0.25, 0.3) is 0 Å². The standard InChI is InChI=1S/C12H8O2.C8H6O2/c13-7-10-6-5-9-3-1-2-4-11(9)12(10)8-14;9-5-7-1-2-8(6-10)4-3-7/h1-8H;1-6H. The number of aldehydes is 4. The first-order valence-electron chi connectivity index (χ1n) is 7.16. The molecule has 0 aromatic heterocycles. The summed E-state index contributed by atoms with van der Waals surface area (Å²) >= 11 is 0. The lowest BCUT2D eigenvalue weighted by molar-refractivity contribution is 0.109. The van der Waals surface area contributed by atoms with Crippen molar-refractivity contribution in [1.29, 1.82) is 0 Å². The van der Waals surface area contributed by atoms with Crippen molar-refractivity contribution >= 4 is 35.9 Å². The summed E-state index contributed by atoms with van der Waals surface area (Å²) in [6, 6.07) is 17.4. The van der Waals surface area contributed by atoms with Gasteiger partial charge in [0, 0.05) is 22.3 Å². The van der Waals surface area contributed by atoms with Crippen molar-refractivity contribution in [1.82, 2.24) is 0 Å². The molecule has 0 saturated heterocycles. The van der Waals surface area contributed by atoms with Crippen LogP contribution in [0.1, 0.15) is 41.4 Å². The molecule has 0 atom stereocenters. The van der Waals surface area contributed by atoms with E-state index in [0.717, 1.165) is 29.6 Å². The van der Waals surface area contributed by atoms with Gasteiger partial charge in [-0.05, 0) is 10.8 Å². The maximum Gasteiger partial charge on any atom is 0.151 e. The molecule has 4 heteroatoms. The van der Waals surface area contributed by atoms with Crippen molar-refractivity contribution in [2.45, 2.75) is 0 Å². The fourth-order valence-electron chi connectivity index (χ4n) is 2.20. The van der Waals surface area contributed by atoms with Gasteiger partial charge in [-0.1, -0.05) is 60.7 Å². The van der Waals surface area contributed by atoms with Crippen LogP contribution in [0.15, 0.2) is 60.7 Å². The normalized spacial score (nSPS) is 9.50. The fraction of sp³-hybridized carbons (Fsp3) is 0. The van der Waals surface area contributed by atoms with Gasteiger partial charge in [-0.2, -0.15) is 0 Å². The second kappa shape index (κ2) is 8.29. The van der Waals surface area contributed by atoms with E-state index in [0.29, 0.717) is 28.5 Å². The third kappa shape index (κ3) is 3.87. The largest absolute Gasteiger partial charge is 0.298 e.